The van der Waals surface area contributed by atoms with Crippen LogP contribution in [0.5, 0.6) is 0 Å². The molecule has 1 aliphatic rings. The van der Waals surface area contributed by atoms with Crippen LogP contribution in [0.15, 0.2) is 33.7 Å². The van der Waals surface area contributed by atoms with E-state index < -0.39 is 0 Å². The first kappa shape index (κ1) is 14.6. The Morgan fingerprint density at radius 1 is 1.55 bits per heavy atom. The van der Waals surface area contributed by atoms with E-state index in [1.165, 1.54) is 10.9 Å². The summed E-state index contributed by atoms with van der Waals surface area (Å²) in [4.78, 5) is 23.8. The quantitative estimate of drug-likeness (QED) is 0.926. The lowest BCUT2D eigenvalue weighted by molar-refractivity contribution is 0.0924. The zero-order valence-corrected chi connectivity index (χ0v) is 12.5. The molecule has 0 aliphatic heterocycles. The summed E-state index contributed by atoms with van der Waals surface area (Å²) in [6.45, 7) is 2.88. The van der Waals surface area contributed by atoms with Gasteiger partial charge in [0.25, 0.3) is 11.5 Å². The van der Waals surface area contributed by atoms with Crippen molar-refractivity contribution in [2.45, 2.75) is 32.7 Å². The molecule has 6 nitrogen and oxygen atoms in total. The average Bonchev–Trinajstić information content (AvgIpc) is 3.02. The van der Waals surface area contributed by atoms with Crippen molar-refractivity contribution in [1.29, 1.82) is 0 Å². The highest BCUT2D eigenvalue weighted by molar-refractivity contribution is 5.91. The number of rotatable bonds is 4. The Hall–Kier alpha value is -2.37. The monoisotopic (exact) mass is 301 g/mol. The molecule has 1 atom stereocenters. The number of aryl methyl sites for hydroxylation is 1. The van der Waals surface area contributed by atoms with E-state index in [0.717, 1.165) is 30.5 Å². The number of hydrogen-bond donors (Lipinski definition) is 1. The maximum Gasteiger partial charge on any atom is 0.287 e. The van der Waals surface area contributed by atoms with Gasteiger partial charge in [0, 0.05) is 12.6 Å². The number of fused-ring (bicyclic) bond motifs is 1. The Kier molecular flexibility index (Phi) is 4.09. The van der Waals surface area contributed by atoms with Crippen molar-refractivity contribution in [2.75, 3.05) is 6.54 Å². The van der Waals surface area contributed by atoms with Gasteiger partial charge in [0.2, 0.25) is 0 Å². The van der Waals surface area contributed by atoms with Crippen molar-refractivity contribution in [3.05, 3.63) is 51.8 Å². The van der Waals surface area contributed by atoms with Crippen molar-refractivity contribution in [3.63, 3.8) is 0 Å². The minimum Gasteiger partial charge on any atom is -0.459 e. The van der Waals surface area contributed by atoms with Gasteiger partial charge in [-0.2, -0.15) is 5.10 Å². The van der Waals surface area contributed by atoms with Gasteiger partial charge in [0.05, 0.1) is 18.5 Å². The fraction of sp³-hybridized carbons (Fsp3) is 0.438. The van der Waals surface area contributed by atoms with Crippen molar-refractivity contribution in [2.24, 2.45) is 5.92 Å². The predicted molar refractivity (Wildman–Crippen MR) is 80.7 cm³/mol. The summed E-state index contributed by atoms with van der Waals surface area (Å²) in [6.07, 6.45) is 4.39. The minimum absolute atomic E-state index is 0.111. The van der Waals surface area contributed by atoms with Gasteiger partial charge in [-0.1, -0.05) is 6.92 Å². The van der Waals surface area contributed by atoms with E-state index in [-0.39, 0.29) is 17.2 Å². The van der Waals surface area contributed by atoms with Crippen LogP contribution in [-0.2, 0) is 19.4 Å². The van der Waals surface area contributed by atoms with Gasteiger partial charge in [-0.15, -0.1) is 0 Å². The summed E-state index contributed by atoms with van der Waals surface area (Å²) in [7, 11) is 0. The summed E-state index contributed by atoms with van der Waals surface area (Å²) < 4.78 is 6.44. The first-order chi connectivity index (χ1) is 10.6. The van der Waals surface area contributed by atoms with Crippen molar-refractivity contribution < 1.29 is 9.21 Å². The first-order valence-corrected chi connectivity index (χ1v) is 7.55. The third-order valence-electron chi connectivity index (χ3n) is 3.96. The number of aromatic nitrogens is 2. The highest BCUT2D eigenvalue weighted by atomic mass is 16.3. The van der Waals surface area contributed by atoms with Crippen LogP contribution in [0, 0.1) is 5.92 Å². The fourth-order valence-electron chi connectivity index (χ4n) is 2.74. The molecule has 3 rings (SSSR count). The molecule has 1 N–H and O–H groups in total. The second-order valence-corrected chi connectivity index (χ2v) is 5.76. The topological polar surface area (TPSA) is 77.1 Å². The molecule has 0 unspecified atom stereocenters. The maximum absolute atomic E-state index is 12.1. The second-order valence-electron chi connectivity index (χ2n) is 5.76. The van der Waals surface area contributed by atoms with Crippen LogP contribution in [0.4, 0.5) is 0 Å². The van der Waals surface area contributed by atoms with Crippen LogP contribution in [-0.4, -0.2) is 22.2 Å². The number of hydrogen-bond acceptors (Lipinski definition) is 4. The Balaban J connectivity index is 1.63. The molecule has 1 amide bonds. The van der Waals surface area contributed by atoms with Gasteiger partial charge < -0.3 is 9.73 Å². The molecule has 0 bridgehead atoms. The molecule has 0 saturated carbocycles. The summed E-state index contributed by atoms with van der Waals surface area (Å²) in [6, 6.07) is 4.94. The number of nitrogens with one attached hydrogen (secondary N) is 1. The highest BCUT2D eigenvalue weighted by Gasteiger charge is 2.18. The maximum atomic E-state index is 12.1. The second kappa shape index (κ2) is 6.17. The van der Waals surface area contributed by atoms with Gasteiger partial charge in [0.15, 0.2) is 5.76 Å². The van der Waals surface area contributed by atoms with Crippen LogP contribution in [0.25, 0.3) is 0 Å². The van der Waals surface area contributed by atoms with Crippen LogP contribution >= 0.6 is 0 Å². The molecular formula is C16H19N3O3. The van der Waals surface area contributed by atoms with Crippen molar-refractivity contribution in [1.82, 2.24) is 15.1 Å². The molecule has 2 aromatic heterocycles. The van der Waals surface area contributed by atoms with E-state index in [4.69, 9.17) is 4.42 Å². The number of carbonyl (C=O) groups excluding carboxylic acids is 1. The molecule has 22 heavy (non-hydrogen) atoms. The van der Waals surface area contributed by atoms with Gasteiger partial charge in [-0.3, -0.25) is 9.59 Å². The number of furan rings is 1. The van der Waals surface area contributed by atoms with E-state index >= 15 is 0 Å². The predicted octanol–water partition coefficient (Wildman–Crippen LogP) is 1.39. The molecule has 2 heterocycles. The SMILES string of the molecule is C[C@H]1CCc2nn(CCNC(=O)c3ccco3)c(=O)cc2C1. The zero-order valence-electron chi connectivity index (χ0n) is 12.5. The van der Waals surface area contributed by atoms with Crippen LogP contribution < -0.4 is 10.9 Å². The highest BCUT2D eigenvalue weighted by Crippen LogP contribution is 2.21. The summed E-state index contributed by atoms with van der Waals surface area (Å²) in [5.74, 6) is 0.585. The average molecular weight is 301 g/mol. The summed E-state index contributed by atoms with van der Waals surface area (Å²) in [5, 5.41) is 7.15. The van der Waals surface area contributed by atoms with Gasteiger partial charge in [-0.25, -0.2) is 4.68 Å². The Labute approximate surface area is 128 Å². The van der Waals surface area contributed by atoms with Gasteiger partial charge in [-0.05, 0) is 42.9 Å². The summed E-state index contributed by atoms with van der Waals surface area (Å²) in [5.41, 5.74) is 1.97. The van der Waals surface area contributed by atoms with Crippen LogP contribution in [0.3, 0.4) is 0 Å². The van der Waals surface area contributed by atoms with E-state index in [9.17, 15) is 9.59 Å². The third kappa shape index (κ3) is 3.10. The van der Waals surface area contributed by atoms with Crippen LogP contribution in [0.2, 0.25) is 0 Å². The van der Waals surface area contributed by atoms with E-state index in [1.807, 2.05) is 0 Å². The van der Waals surface area contributed by atoms with E-state index in [1.54, 1.807) is 18.2 Å². The molecule has 2 aromatic rings. The molecule has 1 aliphatic carbocycles. The summed E-state index contributed by atoms with van der Waals surface area (Å²) >= 11 is 0. The first-order valence-electron chi connectivity index (χ1n) is 7.55. The number of nitrogens with zero attached hydrogens (tertiary/aromatic N) is 2. The molecular weight excluding hydrogens is 282 g/mol. The molecule has 0 aromatic carbocycles. The number of carbonyl (C=O) groups is 1. The molecule has 116 valence electrons. The largest absolute Gasteiger partial charge is 0.459 e. The molecule has 0 saturated heterocycles. The Morgan fingerprint density at radius 2 is 2.41 bits per heavy atom. The lowest BCUT2D eigenvalue weighted by Crippen LogP contribution is -2.33. The van der Waals surface area contributed by atoms with Crippen molar-refractivity contribution in [3.8, 4) is 0 Å². The van der Waals surface area contributed by atoms with Gasteiger partial charge >= 0.3 is 0 Å². The molecule has 6 heteroatoms. The fourth-order valence-corrected chi connectivity index (χ4v) is 2.74. The minimum atomic E-state index is -0.287. The Bertz CT molecular complexity index is 719. The standard InChI is InChI=1S/C16H19N3O3/c1-11-4-5-13-12(9-11)10-15(20)19(18-13)7-6-17-16(21)14-3-2-8-22-14/h2-3,8,10-11H,4-7,9H2,1H3,(H,17,21)/t11-/m0/s1. The van der Waals surface area contributed by atoms with Crippen molar-refractivity contribution >= 4 is 5.91 Å². The molecule has 0 spiro atoms. The Morgan fingerprint density at radius 3 is 3.18 bits per heavy atom. The van der Waals surface area contributed by atoms with E-state index in [0.29, 0.717) is 19.0 Å². The normalized spacial score (nSPS) is 17.0. The zero-order chi connectivity index (χ0) is 15.5. The third-order valence-corrected chi connectivity index (χ3v) is 3.96. The smallest absolute Gasteiger partial charge is 0.287 e. The molecule has 0 fully saturated rings. The molecule has 0 radical (unpaired) electrons. The lowest BCUT2D eigenvalue weighted by atomic mass is 9.88. The van der Waals surface area contributed by atoms with E-state index in [2.05, 4.69) is 17.3 Å². The van der Waals surface area contributed by atoms with Crippen LogP contribution in [0.1, 0.15) is 35.2 Å². The lowest BCUT2D eigenvalue weighted by Gasteiger charge is -2.20. The number of amides is 1. The van der Waals surface area contributed by atoms with Gasteiger partial charge in [0.1, 0.15) is 0 Å².